The molecule has 1 aromatic heterocycles. The van der Waals surface area contributed by atoms with Crippen LogP contribution < -0.4 is 14.9 Å². The summed E-state index contributed by atoms with van der Waals surface area (Å²) < 4.78 is 12.6. The van der Waals surface area contributed by atoms with Crippen molar-refractivity contribution in [3.05, 3.63) is 59.8 Å². The number of carbonyl (C=O) groups excluding carboxylic acids is 1. The summed E-state index contributed by atoms with van der Waals surface area (Å²) in [5, 5.41) is 5.23. The number of hydrazone groups is 1. The van der Waals surface area contributed by atoms with Crippen molar-refractivity contribution in [2.75, 3.05) is 14.2 Å². The first-order chi connectivity index (χ1) is 13.2. The lowest BCUT2D eigenvalue weighted by Crippen LogP contribution is -2.19. The average molecular weight is 365 g/mol. The first-order valence-electron chi connectivity index (χ1n) is 8.77. The lowest BCUT2D eigenvalue weighted by atomic mass is 10.1. The van der Waals surface area contributed by atoms with Gasteiger partial charge in [-0.2, -0.15) is 5.10 Å². The Kier molecular flexibility index (Phi) is 5.76. The van der Waals surface area contributed by atoms with Crippen LogP contribution in [-0.2, 0) is 17.8 Å². The maximum absolute atomic E-state index is 12.2. The topological polar surface area (TPSA) is 64.9 Å². The standard InChI is InChI=1S/C21H23N3O3/c1-4-24-14-16(17-7-5-6-8-18(17)24)13-22-23-21(25)12-15-9-10-19(26-2)20(11-15)27-3/h5-11,13-14H,4,12H2,1-3H3,(H,23,25). The molecule has 0 aliphatic rings. The highest BCUT2D eigenvalue weighted by molar-refractivity contribution is 5.99. The minimum atomic E-state index is -0.197. The largest absolute Gasteiger partial charge is 0.493 e. The zero-order chi connectivity index (χ0) is 19.2. The quantitative estimate of drug-likeness (QED) is 0.516. The zero-order valence-electron chi connectivity index (χ0n) is 15.7. The van der Waals surface area contributed by atoms with Gasteiger partial charge in [0.2, 0.25) is 5.91 Å². The number of nitrogens with one attached hydrogen (secondary N) is 1. The molecule has 1 N–H and O–H groups in total. The van der Waals surface area contributed by atoms with Crippen LogP contribution >= 0.6 is 0 Å². The minimum absolute atomic E-state index is 0.197. The number of aryl methyl sites for hydroxylation is 1. The van der Waals surface area contributed by atoms with Gasteiger partial charge in [0.25, 0.3) is 0 Å². The molecule has 140 valence electrons. The number of para-hydroxylation sites is 1. The summed E-state index contributed by atoms with van der Waals surface area (Å²) in [4.78, 5) is 12.2. The predicted molar refractivity (Wildman–Crippen MR) is 107 cm³/mol. The molecule has 0 aliphatic heterocycles. The number of methoxy groups -OCH3 is 2. The maximum atomic E-state index is 12.2. The van der Waals surface area contributed by atoms with Crippen molar-refractivity contribution in [3.8, 4) is 11.5 Å². The van der Waals surface area contributed by atoms with Crippen molar-refractivity contribution in [2.24, 2.45) is 5.10 Å². The van der Waals surface area contributed by atoms with Gasteiger partial charge in [-0.15, -0.1) is 0 Å². The Morgan fingerprint density at radius 1 is 1.15 bits per heavy atom. The molecule has 1 heterocycles. The van der Waals surface area contributed by atoms with Gasteiger partial charge >= 0.3 is 0 Å². The lowest BCUT2D eigenvalue weighted by Gasteiger charge is -2.09. The zero-order valence-corrected chi connectivity index (χ0v) is 15.7. The number of amides is 1. The molecule has 6 nitrogen and oxygen atoms in total. The van der Waals surface area contributed by atoms with Crippen LogP contribution in [0.15, 0.2) is 53.8 Å². The summed E-state index contributed by atoms with van der Waals surface area (Å²) in [7, 11) is 3.15. The van der Waals surface area contributed by atoms with Gasteiger partial charge in [0.15, 0.2) is 11.5 Å². The van der Waals surface area contributed by atoms with E-state index in [2.05, 4.69) is 28.1 Å². The predicted octanol–water partition coefficient (Wildman–Crippen LogP) is 3.37. The van der Waals surface area contributed by atoms with Crippen molar-refractivity contribution >= 4 is 23.0 Å². The third-order valence-corrected chi connectivity index (χ3v) is 4.37. The van der Waals surface area contributed by atoms with Gasteiger partial charge in [-0.05, 0) is 30.7 Å². The molecule has 3 aromatic rings. The number of rotatable bonds is 7. The van der Waals surface area contributed by atoms with E-state index in [-0.39, 0.29) is 12.3 Å². The minimum Gasteiger partial charge on any atom is -0.493 e. The Balaban J connectivity index is 1.67. The number of aromatic nitrogens is 1. The molecule has 0 atom stereocenters. The second-order valence-corrected chi connectivity index (χ2v) is 6.05. The van der Waals surface area contributed by atoms with Crippen LogP contribution in [-0.4, -0.2) is 30.9 Å². The molecular formula is C21H23N3O3. The second-order valence-electron chi connectivity index (χ2n) is 6.05. The highest BCUT2D eigenvalue weighted by atomic mass is 16.5. The summed E-state index contributed by atoms with van der Waals surface area (Å²) in [6.07, 6.45) is 3.92. The summed E-state index contributed by atoms with van der Waals surface area (Å²) in [5.74, 6) is 1.03. The molecule has 3 rings (SSSR count). The van der Waals surface area contributed by atoms with E-state index in [1.807, 2.05) is 30.5 Å². The van der Waals surface area contributed by atoms with Crippen LogP contribution in [0.2, 0.25) is 0 Å². The fraction of sp³-hybridized carbons (Fsp3) is 0.238. The normalized spacial score (nSPS) is 11.1. The smallest absolute Gasteiger partial charge is 0.244 e. The molecule has 0 saturated carbocycles. The molecular weight excluding hydrogens is 342 g/mol. The maximum Gasteiger partial charge on any atom is 0.244 e. The highest BCUT2D eigenvalue weighted by Gasteiger charge is 2.08. The average Bonchev–Trinajstić information content (AvgIpc) is 3.06. The monoisotopic (exact) mass is 365 g/mol. The summed E-state index contributed by atoms with van der Waals surface area (Å²) in [6, 6.07) is 13.5. The molecule has 0 fully saturated rings. The fourth-order valence-corrected chi connectivity index (χ4v) is 3.03. The highest BCUT2D eigenvalue weighted by Crippen LogP contribution is 2.27. The van der Waals surface area contributed by atoms with Crippen LogP contribution in [0.4, 0.5) is 0 Å². The Labute approximate surface area is 158 Å². The van der Waals surface area contributed by atoms with Gasteiger partial charge in [-0.3, -0.25) is 4.79 Å². The van der Waals surface area contributed by atoms with E-state index in [1.54, 1.807) is 32.6 Å². The number of carbonyl (C=O) groups is 1. The molecule has 6 heteroatoms. The van der Waals surface area contributed by atoms with E-state index in [0.29, 0.717) is 11.5 Å². The lowest BCUT2D eigenvalue weighted by molar-refractivity contribution is -0.120. The van der Waals surface area contributed by atoms with E-state index >= 15 is 0 Å². The van der Waals surface area contributed by atoms with Crippen molar-refractivity contribution in [3.63, 3.8) is 0 Å². The fourth-order valence-electron chi connectivity index (χ4n) is 3.03. The van der Waals surface area contributed by atoms with Crippen LogP contribution in [0.5, 0.6) is 11.5 Å². The summed E-state index contributed by atoms with van der Waals surface area (Å²) >= 11 is 0. The Morgan fingerprint density at radius 2 is 1.93 bits per heavy atom. The van der Waals surface area contributed by atoms with Crippen LogP contribution in [0.25, 0.3) is 10.9 Å². The molecule has 1 amide bonds. The molecule has 27 heavy (non-hydrogen) atoms. The van der Waals surface area contributed by atoms with Crippen LogP contribution in [0.3, 0.4) is 0 Å². The molecule has 0 aliphatic carbocycles. The van der Waals surface area contributed by atoms with Crippen LogP contribution in [0, 0.1) is 0 Å². The third kappa shape index (κ3) is 4.11. The third-order valence-electron chi connectivity index (χ3n) is 4.37. The van der Waals surface area contributed by atoms with Crippen molar-refractivity contribution < 1.29 is 14.3 Å². The van der Waals surface area contributed by atoms with E-state index in [0.717, 1.165) is 28.6 Å². The van der Waals surface area contributed by atoms with Gasteiger partial charge in [-0.1, -0.05) is 24.3 Å². The molecule has 0 unspecified atom stereocenters. The number of benzene rings is 2. The number of nitrogens with zero attached hydrogens (tertiary/aromatic N) is 2. The number of ether oxygens (including phenoxy) is 2. The number of fused-ring (bicyclic) bond motifs is 1. The molecule has 0 spiro atoms. The van der Waals surface area contributed by atoms with Gasteiger partial charge in [0, 0.05) is 29.2 Å². The van der Waals surface area contributed by atoms with Crippen LogP contribution in [0.1, 0.15) is 18.1 Å². The van der Waals surface area contributed by atoms with Gasteiger partial charge in [-0.25, -0.2) is 5.43 Å². The van der Waals surface area contributed by atoms with Crippen molar-refractivity contribution in [2.45, 2.75) is 19.9 Å². The van der Waals surface area contributed by atoms with E-state index in [9.17, 15) is 4.79 Å². The van der Waals surface area contributed by atoms with Crippen molar-refractivity contribution in [1.29, 1.82) is 0 Å². The van der Waals surface area contributed by atoms with E-state index in [1.165, 1.54) is 0 Å². The Hall–Kier alpha value is -3.28. The summed E-state index contributed by atoms with van der Waals surface area (Å²) in [5.41, 5.74) is 5.53. The van der Waals surface area contributed by atoms with E-state index < -0.39 is 0 Å². The van der Waals surface area contributed by atoms with Gasteiger partial charge < -0.3 is 14.0 Å². The number of hydrogen-bond acceptors (Lipinski definition) is 4. The number of hydrogen-bond donors (Lipinski definition) is 1. The summed E-state index contributed by atoms with van der Waals surface area (Å²) in [6.45, 7) is 2.97. The van der Waals surface area contributed by atoms with Gasteiger partial charge in [0.05, 0.1) is 26.9 Å². The molecule has 2 aromatic carbocycles. The Morgan fingerprint density at radius 3 is 2.67 bits per heavy atom. The Bertz CT molecular complexity index is 976. The molecule has 0 bridgehead atoms. The SMILES string of the molecule is CCn1cc(C=NNC(=O)Cc2ccc(OC)c(OC)c2)c2ccccc21. The van der Waals surface area contributed by atoms with Gasteiger partial charge in [0.1, 0.15) is 0 Å². The first-order valence-corrected chi connectivity index (χ1v) is 8.77. The molecule has 0 radical (unpaired) electrons. The van der Waals surface area contributed by atoms with E-state index in [4.69, 9.17) is 9.47 Å². The molecule has 0 saturated heterocycles. The second kappa shape index (κ2) is 8.40. The van der Waals surface area contributed by atoms with Crippen molar-refractivity contribution in [1.82, 2.24) is 9.99 Å². The first kappa shape index (κ1) is 18.5.